The van der Waals surface area contributed by atoms with Crippen molar-refractivity contribution in [1.82, 2.24) is 9.78 Å². The van der Waals surface area contributed by atoms with Crippen LogP contribution in [-0.2, 0) is 6.42 Å². The number of benzene rings is 1. The van der Waals surface area contributed by atoms with E-state index in [1.54, 1.807) is 0 Å². The molecule has 0 spiro atoms. The molecule has 0 N–H and O–H groups in total. The van der Waals surface area contributed by atoms with Crippen molar-refractivity contribution in [3.05, 3.63) is 46.3 Å². The van der Waals surface area contributed by atoms with E-state index in [9.17, 15) is 4.79 Å². The number of ether oxygens (including phenoxy) is 1. The van der Waals surface area contributed by atoms with Crippen LogP contribution in [0.1, 0.15) is 78.8 Å². The Morgan fingerprint density at radius 1 is 1.19 bits per heavy atom. The van der Waals surface area contributed by atoms with Crippen LogP contribution in [0, 0.1) is 20.8 Å². The van der Waals surface area contributed by atoms with E-state index in [1.165, 1.54) is 23.1 Å². The maximum atomic E-state index is 12.7. The number of unbranched alkanes of at least 4 members (excludes halogenated alkanes) is 2. The van der Waals surface area contributed by atoms with Gasteiger partial charge >= 0.3 is 0 Å². The molecule has 142 valence electrons. The van der Waals surface area contributed by atoms with Crippen molar-refractivity contribution in [1.29, 1.82) is 0 Å². The molecule has 0 atom stereocenters. The summed E-state index contributed by atoms with van der Waals surface area (Å²) < 4.78 is 7.40. The topological polar surface area (TPSA) is 44.1 Å². The van der Waals surface area contributed by atoms with E-state index < -0.39 is 0 Å². The molecule has 0 saturated heterocycles. The number of carbonyl (C=O) groups excluding carboxylic acids is 1. The summed E-state index contributed by atoms with van der Waals surface area (Å²) in [4.78, 5) is 12.7. The SMILES string of the molecule is CCCCCc1c(C)nn(C(=O)COc2cc(C)ccc2C(C)C)c1C. The highest BCUT2D eigenvalue weighted by atomic mass is 16.5. The Bertz CT molecular complexity index is 760. The second-order valence-electron chi connectivity index (χ2n) is 7.40. The van der Waals surface area contributed by atoms with Crippen LogP contribution in [0.5, 0.6) is 5.75 Å². The van der Waals surface area contributed by atoms with E-state index in [0.29, 0.717) is 5.92 Å². The van der Waals surface area contributed by atoms with Gasteiger partial charge in [0.05, 0.1) is 5.69 Å². The summed E-state index contributed by atoms with van der Waals surface area (Å²) in [6.45, 7) is 12.4. The normalized spacial score (nSPS) is 11.2. The first-order chi connectivity index (χ1) is 12.3. The smallest absolute Gasteiger partial charge is 0.284 e. The van der Waals surface area contributed by atoms with Crippen molar-refractivity contribution in [2.45, 2.75) is 73.1 Å². The molecular weight excluding hydrogens is 324 g/mol. The molecule has 0 fully saturated rings. The quantitative estimate of drug-likeness (QED) is 0.596. The second kappa shape index (κ2) is 9.02. The third-order valence-corrected chi connectivity index (χ3v) is 4.85. The van der Waals surface area contributed by atoms with Crippen molar-refractivity contribution in [2.24, 2.45) is 0 Å². The predicted octanol–water partition coefficient (Wildman–Crippen LogP) is 5.38. The van der Waals surface area contributed by atoms with Crippen molar-refractivity contribution in [3.8, 4) is 5.75 Å². The first-order valence-corrected chi connectivity index (χ1v) is 9.66. The molecule has 26 heavy (non-hydrogen) atoms. The summed E-state index contributed by atoms with van der Waals surface area (Å²) in [6.07, 6.45) is 4.50. The second-order valence-corrected chi connectivity index (χ2v) is 7.40. The van der Waals surface area contributed by atoms with Gasteiger partial charge in [0.25, 0.3) is 5.91 Å². The zero-order valence-corrected chi connectivity index (χ0v) is 17.1. The lowest BCUT2D eigenvalue weighted by atomic mass is 10.0. The highest BCUT2D eigenvalue weighted by Gasteiger charge is 2.17. The zero-order valence-electron chi connectivity index (χ0n) is 17.1. The molecule has 0 amide bonds. The van der Waals surface area contributed by atoms with Gasteiger partial charge in [-0.2, -0.15) is 5.10 Å². The molecule has 0 aliphatic rings. The van der Waals surface area contributed by atoms with Crippen molar-refractivity contribution >= 4 is 5.91 Å². The Labute approximate surface area is 157 Å². The molecule has 4 heteroatoms. The van der Waals surface area contributed by atoms with Gasteiger partial charge in [-0.25, -0.2) is 4.68 Å². The Balaban J connectivity index is 2.12. The van der Waals surface area contributed by atoms with Crippen molar-refractivity contribution in [2.75, 3.05) is 6.61 Å². The minimum absolute atomic E-state index is 0.000463. The largest absolute Gasteiger partial charge is 0.483 e. The molecule has 0 saturated carbocycles. The molecule has 0 aliphatic heterocycles. The zero-order chi connectivity index (χ0) is 19.3. The molecule has 4 nitrogen and oxygen atoms in total. The molecule has 0 aliphatic carbocycles. The Hall–Kier alpha value is -2.10. The molecule has 1 aromatic heterocycles. The van der Waals surface area contributed by atoms with Crippen LogP contribution < -0.4 is 4.74 Å². The van der Waals surface area contributed by atoms with Gasteiger partial charge in [0.1, 0.15) is 5.75 Å². The average molecular weight is 357 g/mol. The van der Waals surface area contributed by atoms with Crippen LogP contribution in [0.15, 0.2) is 18.2 Å². The molecule has 1 aromatic carbocycles. The molecule has 2 aromatic rings. The first kappa shape index (κ1) is 20.2. The average Bonchev–Trinajstić information content (AvgIpc) is 2.87. The van der Waals surface area contributed by atoms with Gasteiger partial charge in [-0.15, -0.1) is 0 Å². The van der Waals surface area contributed by atoms with Crippen LogP contribution in [0.4, 0.5) is 0 Å². The summed E-state index contributed by atoms with van der Waals surface area (Å²) in [5.41, 5.74) is 5.34. The van der Waals surface area contributed by atoms with Gasteiger partial charge in [0, 0.05) is 5.69 Å². The Morgan fingerprint density at radius 2 is 1.92 bits per heavy atom. The maximum absolute atomic E-state index is 12.7. The van der Waals surface area contributed by atoms with E-state index in [1.807, 2.05) is 26.8 Å². The number of aryl methyl sites for hydroxylation is 2. The Kier molecular flexibility index (Phi) is 7.01. The van der Waals surface area contributed by atoms with Crippen LogP contribution in [-0.4, -0.2) is 22.3 Å². The summed E-state index contributed by atoms with van der Waals surface area (Å²) in [7, 11) is 0. The fraction of sp³-hybridized carbons (Fsp3) is 0.545. The summed E-state index contributed by atoms with van der Waals surface area (Å²) >= 11 is 0. The molecule has 0 unspecified atom stereocenters. The minimum atomic E-state index is -0.122. The molecule has 2 rings (SSSR count). The lowest BCUT2D eigenvalue weighted by Gasteiger charge is -2.14. The summed E-state index contributed by atoms with van der Waals surface area (Å²) in [6, 6.07) is 6.16. The molecule has 0 radical (unpaired) electrons. The predicted molar refractivity (Wildman–Crippen MR) is 106 cm³/mol. The number of nitrogens with zero attached hydrogens (tertiary/aromatic N) is 2. The van der Waals surface area contributed by atoms with Gasteiger partial charge in [-0.1, -0.05) is 45.7 Å². The number of rotatable bonds is 8. The van der Waals surface area contributed by atoms with Crippen LogP contribution in [0.2, 0.25) is 0 Å². The van der Waals surface area contributed by atoms with E-state index >= 15 is 0 Å². The van der Waals surface area contributed by atoms with E-state index in [-0.39, 0.29) is 12.5 Å². The van der Waals surface area contributed by atoms with Gasteiger partial charge in [0.15, 0.2) is 6.61 Å². The minimum Gasteiger partial charge on any atom is -0.483 e. The first-order valence-electron chi connectivity index (χ1n) is 9.66. The standard InChI is InChI=1S/C22H32N2O2/c1-7-8-9-10-20-17(5)23-24(18(20)6)22(25)14-26-21-13-16(4)11-12-19(21)15(2)3/h11-13,15H,7-10,14H2,1-6H3. The van der Waals surface area contributed by atoms with Gasteiger partial charge < -0.3 is 4.74 Å². The highest BCUT2D eigenvalue weighted by molar-refractivity contribution is 5.80. The fourth-order valence-electron chi connectivity index (χ4n) is 3.28. The lowest BCUT2D eigenvalue weighted by Crippen LogP contribution is -2.22. The molecule has 1 heterocycles. The van der Waals surface area contributed by atoms with Crippen LogP contribution >= 0.6 is 0 Å². The summed E-state index contributed by atoms with van der Waals surface area (Å²) in [5, 5.41) is 4.46. The van der Waals surface area contributed by atoms with E-state index in [0.717, 1.165) is 41.1 Å². The van der Waals surface area contributed by atoms with Gasteiger partial charge in [-0.05, 0) is 62.3 Å². The lowest BCUT2D eigenvalue weighted by molar-refractivity contribution is 0.0817. The Morgan fingerprint density at radius 3 is 2.58 bits per heavy atom. The van der Waals surface area contributed by atoms with Gasteiger partial charge in [0.2, 0.25) is 0 Å². The van der Waals surface area contributed by atoms with E-state index in [4.69, 9.17) is 4.74 Å². The number of hydrogen-bond acceptors (Lipinski definition) is 3. The molecular formula is C22H32N2O2. The van der Waals surface area contributed by atoms with Crippen LogP contribution in [0.3, 0.4) is 0 Å². The number of carbonyl (C=O) groups is 1. The number of aromatic nitrogens is 2. The third kappa shape index (κ3) is 4.75. The van der Waals surface area contributed by atoms with Gasteiger partial charge in [-0.3, -0.25) is 4.79 Å². The van der Waals surface area contributed by atoms with Crippen molar-refractivity contribution in [3.63, 3.8) is 0 Å². The van der Waals surface area contributed by atoms with E-state index in [2.05, 4.69) is 38.0 Å². The molecule has 0 bridgehead atoms. The number of hydrogen-bond donors (Lipinski definition) is 0. The summed E-state index contributed by atoms with van der Waals surface area (Å²) in [5.74, 6) is 1.01. The van der Waals surface area contributed by atoms with Crippen molar-refractivity contribution < 1.29 is 9.53 Å². The van der Waals surface area contributed by atoms with Crippen LogP contribution in [0.25, 0.3) is 0 Å². The monoisotopic (exact) mass is 356 g/mol. The third-order valence-electron chi connectivity index (χ3n) is 4.85. The highest BCUT2D eigenvalue weighted by Crippen LogP contribution is 2.27. The maximum Gasteiger partial charge on any atom is 0.284 e. The fourth-order valence-corrected chi connectivity index (χ4v) is 3.28.